The number of rotatable bonds is 6. The van der Waals surface area contributed by atoms with Crippen LogP contribution in [0.15, 0.2) is 6.20 Å². The Hall–Kier alpha value is -1.02. The molecular formula is C13H26N6O. The van der Waals surface area contributed by atoms with Crippen molar-refractivity contribution < 1.29 is 4.74 Å². The summed E-state index contributed by atoms with van der Waals surface area (Å²) in [6, 6.07) is 0.427. The number of hydrazine groups is 1. The lowest BCUT2D eigenvalue weighted by Crippen LogP contribution is -2.51. The van der Waals surface area contributed by atoms with Crippen molar-refractivity contribution in [1.29, 1.82) is 0 Å². The van der Waals surface area contributed by atoms with Gasteiger partial charge in [0.25, 0.3) is 0 Å². The zero-order valence-electron chi connectivity index (χ0n) is 12.6. The highest BCUT2D eigenvalue weighted by atomic mass is 16.5. The van der Waals surface area contributed by atoms with Gasteiger partial charge in [0.1, 0.15) is 0 Å². The average Bonchev–Trinajstić information content (AvgIpc) is 2.89. The molecular weight excluding hydrogens is 256 g/mol. The van der Waals surface area contributed by atoms with Gasteiger partial charge in [-0.15, -0.1) is 5.10 Å². The van der Waals surface area contributed by atoms with E-state index in [1.807, 2.05) is 4.68 Å². The highest BCUT2D eigenvalue weighted by molar-refractivity contribution is 5.06. The Kier molecular flexibility index (Phi) is 5.47. The minimum absolute atomic E-state index is 0.0188. The van der Waals surface area contributed by atoms with Gasteiger partial charge in [0.15, 0.2) is 0 Å². The summed E-state index contributed by atoms with van der Waals surface area (Å²) in [6.07, 6.45) is 2.81. The molecule has 114 valence electrons. The number of nitrogens with zero attached hydrogens (tertiary/aromatic N) is 4. The molecule has 1 fully saturated rings. The molecule has 2 rings (SSSR count). The molecule has 3 N–H and O–H groups in total. The first-order valence-corrected chi connectivity index (χ1v) is 7.37. The smallest absolute Gasteiger partial charge is 0.0925 e. The quantitative estimate of drug-likeness (QED) is 0.577. The van der Waals surface area contributed by atoms with Crippen molar-refractivity contribution in [3.63, 3.8) is 0 Å². The second kappa shape index (κ2) is 7.12. The Bertz CT molecular complexity index is 407. The summed E-state index contributed by atoms with van der Waals surface area (Å²) >= 11 is 0. The van der Waals surface area contributed by atoms with Gasteiger partial charge in [-0.25, -0.2) is 10.1 Å². The summed E-state index contributed by atoms with van der Waals surface area (Å²) in [5.41, 5.74) is 3.87. The van der Waals surface area contributed by atoms with E-state index >= 15 is 0 Å². The summed E-state index contributed by atoms with van der Waals surface area (Å²) in [5, 5.41) is 8.13. The molecule has 0 saturated carbocycles. The Morgan fingerprint density at radius 1 is 1.55 bits per heavy atom. The van der Waals surface area contributed by atoms with Crippen LogP contribution < -0.4 is 11.3 Å². The first-order chi connectivity index (χ1) is 9.67. The van der Waals surface area contributed by atoms with E-state index in [-0.39, 0.29) is 12.1 Å². The number of hydrogen-bond donors (Lipinski definition) is 2. The fourth-order valence-electron chi connectivity index (χ4n) is 2.64. The largest absolute Gasteiger partial charge is 0.373 e. The number of hydrogen-bond acceptors (Lipinski definition) is 6. The van der Waals surface area contributed by atoms with E-state index in [9.17, 15) is 0 Å². The van der Waals surface area contributed by atoms with Gasteiger partial charge in [-0.2, -0.15) is 0 Å². The van der Waals surface area contributed by atoms with Crippen molar-refractivity contribution >= 4 is 0 Å². The summed E-state index contributed by atoms with van der Waals surface area (Å²) in [5.74, 6) is 5.76. The van der Waals surface area contributed by atoms with Crippen LogP contribution in [0.5, 0.6) is 0 Å². The first-order valence-electron chi connectivity index (χ1n) is 7.37. The lowest BCUT2D eigenvalue weighted by atomic mass is 10.1. The molecule has 1 saturated heterocycles. The summed E-state index contributed by atoms with van der Waals surface area (Å²) in [7, 11) is 0. The molecule has 7 heteroatoms. The number of nitrogens with one attached hydrogen (secondary N) is 1. The summed E-state index contributed by atoms with van der Waals surface area (Å²) in [6.45, 7) is 9.94. The van der Waals surface area contributed by atoms with Crippen LogP contribution >= 0.6 is 0 Å². The fraction of sp³-hybridized carbons (Fsp3) is 0.846. The maximum Gasteiger partial charge on any atom is 0.0925 e. The van der Waals surface area contributed by atoms with Crippen molar-refractivity contribution in [2.24, 2.45) is 5.84 Å². The van der Waals surface area contributed by atoms with Crippen LogP contribution in [0.25, 0.3) is 0 Å². The van der Waals surface area contributed by atoms with Gasteiger partial charge in [-0.05, 0) is 20.3 Å². The van der Waals surface area contributed by atoms with E-state index in [4.69, 9.17) is 10.6 Å². The van der Waals surface area contributed by atoms with Gasteiger partial charge in [-0.3, -0.25) is 10.7 Å². The third-order valence-corrected chi connectivity index (χ3v) is 3.81. The molecule has 20 heavy (non-hydrogen) atoms. The van der Waals surface area contributed by atoms with Gasteiger partial charge >= 0.3 is 0 Å². The molecule has 0 aliphatic carbocycles. The highest BCUT2D eigenvalue weighted by Crippen LogP contribution is 2.22. The molecule has 0 bridgehead atoms. The molecule has 1 aromatic heterocycles. The van der Waals surface area contributed by atoms with Gasteiger partial charge in [0.05, 0.1) is 30.6 Å². The van der Waals surface area contributed by atoms with Crippen LogP contribution in [0.2, 0.25) is 0 Å². The minimum atomic E-state index is -0.0851. The molecule has 0 amide bonds. The molecule has 0 spiro atoms. The van der Waals surface area contributed by atoms with Crippen molar-refractivity contribution in [2.75, 3.05) is 19.7 Å². The van der Waals surface area contributed by atoms with E-state index in [1.165, 1.54) is 0 Å². The minimum Gasteiger partial charge on any atom is -0.373 e. The molecule has 2 heterocycles. The third-order valence-electron chi connectivity index (χ3n) is 3.81. The molecule has 0 aromatic carbocycles. The predicted molar refractivity (Wildman–Crippen MR) is 76.8 cm³/mol. The van der Waals surface area contributed by atoms with Gasteiger partial charge < -0.3 is 4.74 Å². The van der Waals surface area contributed by atoms with Crippen molar-refractivity contribution in [2.45, 2.75) is 51.9 Å². The van der Waals surface area contributed by atoms with Crippen molar-refractivity contribution in [3.05, 3.63) is 11.9 Å². The second-order valence-corrected chi connectivity index (χ2v) is 5.52. The predicted octanol–water partition coefficient (Wildman–Crippen LogP) is 0.302. The highest BCUT2D eigenvalue weighted by Gasteiger charge is 2.31. The first kappa shape index (κ1) is 15.4. The Morgan fingerprint density at radius 3 is 3.00 bits per heavy atom. The monoisotopic (exact) mass is 282 g/mol. The van der Waals surface area contributed by atoms with Crippen LogP contribution in [0.4, 0.5) is 0 Å². The number of ether oxygens (including phenoxy) is 1. The Labute approximate surface area is 120 Å². The number of aromatic nitrogens is 3. The van der Waals surface area contributed by atoms with Crippen LogP contribution in [0, 0.1) is 0 Å². The maximum atomic E-state index is 5.92. The third kappa shape index (κ3) is 3.35. The Balaban J connectivity index is 2.12. The Morgan fingerprint density at radius 2 is 2.35 bits per heavy atom. The van der Waals surface area contributed by atoms with Crippen molar-refractivity contribution in [1.82, 2.24) is 25.3 Å². The number of morpholine rings is 1. The number of aryl methyl sites for hydroxylation is 1. The van der Waals surface area contributed by atoms with Crippen LogP contribution in [-0.4, -0.2) is 51.7 Å². The van der Waals surface area contributed by atoms with Gasteiger partial charge in [0, 0.05) is 25.7 Å². The molecule has 7 nitrogen and oxygen atoms in total. The topological polar surface area (TPSA) is 81.2 Å². The van der Waals surface area contributed by atoms with Crippen LogP contribution in [-0.2, 0) is 11.3 Å². The van der Waals surface area contributed by atoms with E-state index in [0.29, 0.717) is 6.04 Å². The zero-order valence-corrected chi connectivity index (χ0v) is 12.6. The van der Waals surface area contributed by atoms with Gasteiger partial charge in [0.2, 0.25) is 0 Å². The lowest BCUT2D eigenvalue weighted by molar-refractivity contribution is -0.0574. The molecule has 2 atom stereocenters. The SMILES string of the molecule is CCCn1nncc1C(NN)C1CN(C(C)C)CCO1. The molecule has 1 aliphatic rings. The van der Waals surface area contributed by atoms with E-state index in [1.54, 1.807) is 6.20 Å². The molecule has 2 unspecified atom stereocenters. The van der Waals surface area contributed by atoms with E-state index in [2.05, 4.69) is 41.4 Å². The normalized spacial score (nSPS) is 22.4. The van der Waals surface area contributed by atoms with E-state index < -0.39 is 0 Å². The van der Waals surface area contributed by atoms with E-state index in [0.717, 1.165) is 38.4 Å². The summed E-state index contributed by atoms with van der Waals surface area (Å²) < 4.78 is 7.82. The standard InChI is InChI=1S/C13H26N6O/c1-4-5-19-11(8-15-17-19)13(16-14)12-9-18(10(2)3)6-7-20-12/h8,10,12-13,16H,4-7,9,14H2,1-3H3. The average molecular weight is 282 g/mol. The van der Waals surface area contributed by atoms with Crippen molar-refractivity contribution in [3.8, 4) is 0 Å². The number of nitrogens with two attached hydrogens (primary N) is 1. The van der Waals surface area contributed by atoms with Crippen LogP contribution in [0.3, 0.4) is 0 Å². The van der Waals surface area contributed by atoms with Gasteiger partial charge in [-0.1, -0.05) is 12.1 Å². The second-order valence-electron chi connectivity index (χ2n) is 5.52. The van der Waals surface area contributed by atoms with Crippen LogP contribution in [0.1, 0.15) is 38.9 Å². The molecule has 1 aromatic rings. The molecule has 0 radical (unpaired) electrons. The lowest BCUT2D eigenvalue weighted by Gasteiger charge is -2.38. The molecule has 1 aliphatic heterocycles. The maximum absolute atomic E-state index is 5.92. The summed E-state index contributed by atoms with van der Waals surface area (Å²) in [4.78, 5) is 2.41. The fourth-order valence-corrected chi connectivity index (χ4v) is 2.64. The zero-order chi connectivity index (χ0) is 14.5.